The van der Waals surface area contributed by atoms with Crippen LogP contribution in [-0.2, 0) is 16.1 Å². The maximum Gasteiger partial charge on any atom is 0.242 e. The van der Waals surface area contributed by atoms with Crippen LogP contribution in [0.2, 0.25) is 0 Å². The van der Waals surface area contributed by atoms with Crippen molar-refractivity contribution < 1.29 is 9.59 Å². The van der Waals surface area contributed by atoms with E-state index < -0.39 is 0 Å². The summed E-state index contributed by atoms with van der Waals surface area (Å²) in [5.74, 6) is 1.10. The third-order valence-corrected chi connectivity index (χ3v) is 4.80. The minimum atomic E-state index is 0.0411. The van der Waals surface area contributed by atoms with Crippen LogP contribution in [0.4, 0.5) is 0 Å². The lowest BCUT2D eigenvalue weighted by molar-refractivity contribution is -0.131. The maximum atomic E-state index is 12.6. The molecule has 2 amide bonds. The number of amides is 2. The number of rotatable bonds is 5. The zero-order chi connectivity index (χ0) is 17.3. The fourth-order valence-corrected chi connectivity index (χ4v) is 3.42. The first-order chi connectivity index (χ1) is 11.5. The van der Waals surface area contributed by atoms with E-state index in [0.29, 0.717) is 26.1 Å². The highest BCUT2D eigenvalue weighted by Gasteiger charge is 2.32. The van der Waals surface area contributed by atoms with Crippen molar-refractivity contribution in [1.29, 1.82) is 0 Å². The fourth-order valence-electron chi connectivity index (χ4n) is 3.42. The van der Waals surface area contributed by atoms with Crippen LogP contribution in [0.5, 0.6) is 0 Å². The molecule has 1 atom stereocenters. The third kappa shape index (κ3) is 2.88. The molecule has 1 aliphatic rings. The molecule has 2 heterocycles. The first kappa shape index (κ1) is 16.5. The zero-order valence-electron chi connectivity index (χ0n) is 14.5. The molecule has 0 aliphatic carbocycles. The Bertz CT molecular complexity index is 763. The topological polar surface area (TPSA) is 58.4 Å². The van der Waals surface area contributed by atoms with Crippen LogP contribution in [0.15, 0.2) is 24.3 Å². The van der Waals surface area contributed by atoms with Crippen LogP contribution in [0.3, 0.4) is 0 Å². The van der Waals surface area contributed by atoms with E-state index in [0.717, 1.165) is 16.9 Å². The SMILES string of the molecule is CCN(CC)C(=O)Cn1c(C2CC(=O)N(C)C2)nc2ccccc21. The number of para-hydroxylation sites is 2. The second-order valence-electron chi connectivity index (χ2n) is 6.29. The molecule has 1 aliphatic heterocycles. The van der Waals surface area contributed by atoms with E-state index in [1.807, 2.05) is 54.6 Å². The molecule has 24 heavy (non-hydrogen) atoms. The van der Waals surface area contributed by atoms with Gasteiger partial charge in [0.05, 0.1) is 11.0 Å². The summed E-state index contributed by atoms with van der Waals surface area (Å²) < 4.78 is 1.99. The van der Waals surface area contributed by atoms with Gasteiger partial charge in [-0.15, -0.1) is 0 Å². The van der Waals surface area contributed by atoms with Gasteiger partial charge in [-0.25, -0.2) is 4.98 Å². The number of likely N-dealkylation sites (N-methyl/N-ethyl adjacent to an activating group) is 2. The molecule has 1 saturated heterocycles. The molecule has 0 bridgehead atoms. The monoisotopic (exact) mass is 328 g/mol. The van der Waals surface area contributed by atoms with Gasteiger partial charge in [0.15, 0.2) is 0 Å². The van der Waals surface area contributed by atoms with Crippen molar-refractivity contribution in [1.82, 2.24) is 19.4 Å². The minimum absolute atomic E-state index is 0.0411. The van der Waals surface area contributed by atoms with Gasteiger partial charge in [-0.2, -0.15) is 0 Å². The summed E-state index contributed by atoms with van der Waals surface area (Å²) in [6, 6.07) is 7.85. The van der Waals surface area contributed by atoms with E-state index in [1.54, 1.807) is 4.90 Å². The number of nitrogens with zero attached hydrogens (tertiary/aromatic N) is 4. The zero-order valence-corrected chi connectivity index (χ0v) is 14.5. The molecule has 0 saturated carbocycles. The van der Waals surface area contributed by atoms with E-state index >= 15 is 0 Å². The number of carbonyl (C=O) groups excluding carboxylic acids is 2. The number of aromatic nitrogens is 2. The van der Waals surface area contributed by atoms with Gasteiger partial charge in [-0.1, -0.05) is 12.1 Å². The lowest BCUT2D eigenvalue weighted by Crippen LogP contribution is -2.34. The van der Waals surface area contributed by atoms with Crippen LogP contribution in [0, 0.1) is 0 Å². The van der Waals surface area contributed by atoms with Crippen molar-refractivity contribution in [2.75, 3.05) is 26.7 Å². The molecular weight excluding hydrogens is 304 g/mol. The summed E-state index contributed by atoms with van der Waals surface area (Å²) in [6.07, 6.45) is 0.458. The van der Waals surface area contributed by atoms with Gasteiger partial charge in [0.25, 0.3) is 0 Å². The van der Waals surface area contributed by atoms with Gasteiger partial charge in [-0.3, -0.25) is 9.59 Å². The van der Waals surface area contributed by atoms with Gasteiger partial charge in [0, 0.05) is 39.0 Å². The average molecular weight is 328 g/mol. The number of hydrogen-bond donors (Lipinski definition) is 0. The standard InChI is InChI=1S/C18H24N4O2/c1-4-21(5-2)17(24)12-22-15-9-7-6-8-14(15)19-18(22)13-10-16(23)20(3)11-13/h6-9,13H,4-5,10-12H2,1-3H3. The molecule has 6 nitrogen and oxygen atoms in total. The molecule has 0 N–H and O–H groups in total. The van der Waals surface area contributed by atoms with Crippen LogP contribution in [-0.4, -0.2) is 57.8 Å². The van der Waals surface area contributed by atoms with E-state index in [1.165, 1.54) is 0 Å². The predicted octanol–water partition coefficient (Wildman–Crippen LogP) is 1.85. The lowest BCUT2D eigenvalue weighted by atomic mass is 10.1. The number of fused-ring (bicyclic) bond motifs is 1. The number of hydrogen-bond acceptors (Lipinski definition) is 3. The first-order valence-electron chi connectivity index (χ1n) is 8.52. The summed E-state index contributed by atoms with van der Waals surface area (Å²) in [7, 11) is 1.82. The molecule has 6 heteroatoms. The Labute approximate surface area is 142 Å². The molecule has 0 radical (unpaired) electrons. The largest absolute Gasteiger partial charge is 0.345 e. The Hall–Kier alpha value is -2.37. The minimum Gasteiger partial charge on any atom is -0.345 e. The maximum absolute atomic E-state index is 12.6. The molecule has 1 aromatic heterocycles. The van der Waals surface area contributed by atoms with E-state index in [9.17, 15) is 9.59 Å². The second-order valence-corrected chi connectivity index (χ2v) is 6.29. The van der Waals surface area contributed by atoms with Crippen LogP contribution in [0.1, 0.15) is 32.0 Å². The highest BCUT2D eigenvalue weighted by Crippen LogP contribution is 2.29. The van der Waals surface area contributed by atoms with Crippen molar-refractivity contribution in [2.24, 2.45) is 0 Å². The summed E-state index contributed by atoms with van der Waals surface area (Å²) >= 11 is 0. The summed E-state index contributed by atoms with van der Waals surface area (Å²) in [4.78, 5) is 32.8. The summed E-state index contributed by atoms with van der Waals surface area (Å²) in [5.41, 5.74) is 1.83. The third-order valence-electron chi connectivity index (χ3n) is 4.80. The molecule has 1 unspecified atom stereocenters. The van der Waals surface area contributed by atoms with Crippen molar-refractivity contribution in [3.05, 3.63) is 30.1 Å². The van der Waals surface area contributed by atoms with E-state index in [2.05, 4.69) is 0 Å². The molecule has 3 rings (SSSR count). The van der Waals surface area contributed by atoms with Gasteiger partial charge < -0.3 is 14.4 Å². The van der Waals surface area contributed by atoms with Crippen LogP contribution < -0.4 is 0 Å². The van der Waals surface area contributed by atoms with Crippen molar-refractivity contribution >= 4 is 22.8 Å². The molecule has 1 aromatic carbocycles. The lowest BCUT2D eigenvalue weighted by Gasteiger charge is -2.20. The Morgan fingerprint density at radius 1 is 1.29 bits per heavy atom. The number of likely N-dealkylation sites (tertiary alicyclic amines) is 1. The van der Waals surface area contributed by atoms with Crippen LogP contribution in [0.25, 0.3) is 11.0 Å². The fraction of sp³-hybridized carbons (Fsp3) is 0.500. The van der Waals surface area contributed by atoms with Crippen molar-refractivity contribution in [3.8, 4) is 0 Å². The van der Waals surface area contributed by atoms with Gasteiger partial charge in [0.2, 0.25) is 11.8 Å². The number of benzene rings is 1. The number of imidazole rings is 1. The summed E-state index contributed by atoms with van der Waals surface area (Å²) in [5, 5.41) is 0. The highest BCUT2D eigenvalue weighted by atomic mass is 16.2. The van der Waals surface area contributed by atoms with Crippen LogP contribution >= 0.6 is 0 Å². The van der Waals surface area contributed by atoms with E-state index in [4.69, 9.17) is 4.98 Å². The number of carbonyl (C=O) groups is 2. The summed E-state index contributed by atoms with van der Waals surface area (Å²) in [6.45, 7) is 6.29. The first-order valence-corrected chi connectivity index (χ1v) is 8.52. The molecule has 128 valence electrons. The molecule has 1 fully saturated rings. The highest BCUT2D eigenvalue weighted by molar-refractivity contribution is 5.82. The van der Waals surface area contributed by atoms with E-state index in [-0.39, 0.29) is 24.3 Å². The van der Waals surface area contributed by atoms with Gasteiger partial charge >= 0.3 is 0 Å². The predicted molar refractivity (Wildman–Crippen MR) is 92.7 cm³/mol. The molecule has 0 spiro atoms. The Kier molecular flexibility index (Phi) is 4.55. The molecular formula is C18H24N4O2. The van der Waals surface area contributed by atoms with Gasteiger partial charge in [0.1, 0.15) is 12.4 Å². The Morgan fingerprint density at radius 3 is 2.62 bits per heavy atom. The van der Waals surface area contributed by atoms with Gasteiger partial charge in [-0.05, 0) is 26.0 Å². The molecule has 2 aromatic rings. The quantitative estimate of drug-likeness (QED) is 0.842. The van der Waals surface area contributed by atoms with Crippen molar-refractivity contribution in [3.63, 3.8) is 0 Å². The van der Waals surface area contributed by atoms with Crippen molar-refractivity contribution in [2.45, 2.75) is 32.7 Å². The Balaban J connectivity index is 2.00. The Morgan fingerprint density at radius 2 is 2.00 bits per heavy atom. The second kappa shape index (κ2) is 6.63. The smallest absolute Gasteiger partial charge is 0.242 e. The average Bonchev–Trinajstić information content (AvgIpc) is 3.10. The normalized spacial score (nSPS) is 17.7.